The molecule has 33 heavy (non-hydrogen) atoms. The highest BCUT2D eigenvalue weighted by atomic mass is 16.6. The molecule has 0 unspecified atom stereocenters. The average Bonchev–Trinajstić information content (AvgIpc) is 3.46. The van der Waals surface area contributed by atoms with E-state index < -0.39 is 5.60 Å². The topological polar surface area (TPSA) is 86.3 Å². The van der Waals surface area contributed by atoms with Gasteiger partial charge in [-0.1, -0.05) is 12.1 Å². The van der Waals surface area contributed by atoms with Gasteiger partial charge in [0.25, 0.3) is 0 Å². The maximum Gasteiger partial charge on any atom is 0.410 e. The number of nitrogens with zero attached hydrogens (tertiary/aromatic N) is 5. The number of hydrogen-bond donors (Lipinski definition) is 0. The molecule has 5 rings (SSSR count). The van der Waals surface area contributed by atoms with Gasteiger partial charge in [0.2, 0.25) is 5.89 Å². The van der Waals surface area contributed by atoms with Crippen LogP contribution in [0, 0.1) is 0 Å². The second-order valence-corrected chi connectivity index (χ2v) is 9.36. The lowest BCUT2D eigenvalue weighted by atomic mass is 10.1. The maximum absolute atomic E-state index is 12.3. The number of hydrogen-bond acceptors (Lipinski definition) is 6. The molecule has 1 aliphatic rings. The lowest BCUT2D eigenvalue weighted by Gasteiger charge is -2.33. The Kier molecular flexibility index (Phi) is 5.36. The van der Waals surface area contributed by atoms with Crippen LogP contribution in [0.3, 0.4) is 0 Å². The molecule has 0 spiro atoms. The fraction of sp³-hybridized carbons (Fsp3) is 0.360. The minimum atomic E-state index is -0.481. The summed E-state index contributed by atoms with van der Waals surface area (Å²) >= 11 is 0. The molecule has 4 aromatic rings. The zero-order valence-corrected chi connectivity index (χ0v) is 19.1. The number of likely N-dealkylation sites (tertiary alicyclic amines) is 1. The van der Waals surface area contributed by atoms with E-state index in [1.807, 2.05) is 74.4 Å². The van der Waals surface area contributed by atoms with Crippen molar-refractivity contribution in [2.45, 2.75) is 45.3 Å². The van der Waals surface area contributed by atoms with E-state index in [-0.39, 0.29) is 12.1 Å². The fourth-order valence-corrected chi connectivity index (χ4v) is 4.04. The van der Waals surface area contributed by atoms with Crippen LogP contribution in [0.5, 0.6) is 0 Å². The van der Waals surface area contributed by atoms with Gasteiger partial charge in [-0.3, -0.25) is 9.67 Å². The van der Waals surface area contributed by atoms with Gasteiger partial charge in [-0.25, -0.2) is 9.78 Å². The van der Waals surface area contributed by atoms with Crippen molar-refractivity contribution in [2.75, 3.05) is 13.1 Å². The molecular weight excluding hydrogens is 418 g/mol. The number of aromatic nitrogens is 4. The molecule has 0 atom stereocenters. The molecule has 170 valence electrons. The first-order valence-corrected chi connectivity index (χ1v) is 11.2. The normalized spacial score (nSPS) is 15.2. The number of rotatable bonds is 3. The summed E-state index contributed by atoms with van der Waals surface area (Å²) in [6.45, 7) is 6.97. The van der Waals surface area contributed by atoms with Crippen LogP contribution in [0.25, 0.3) is 33.7 Å². The van der Waals surface area contributed by atoms with Crippen molar-refractivity contribution < 1.29 is 13.9 Å². The van der Waals surface area contributed by atoms with E-state index in [2.05, 4.69) is 15.1 Å². The lowest BCUT2D eigenvalue weighted by molar-refractivity contribution is 0.0185. The molecule has 1 fully saturated rings. The van der Waals surface area contributed by atoms with Crippen molar-refractivity contribution in [3.63, 3.8) is 0 Å². The zero-order valence-electron chi connectivity index (χ0n) is 19.1. The van der Waals surface area contributed by atoms with Crippen molar-refractivity contribution in [1.29, 1.82) is 0 Å². The zero-order chi connectivity index (χ0) is 23.0. The van der Waals surface area contributed by atoms with Crippen LogP contribution < -0.4 is 0 Å². The second-order valence-electron chi connectivity index (χ2n) is 9.36. The molecule has 1 aliphatic heterocycles. The Hall–Kier alpha value is -3.68. The number of pyridine rings is 1. The predicted molar refractivity (Wildman–Crippen MR) is 125 cm³/mol. The van der Waals surface area contributed by atoms with Crippen LogP contribution >= 0.6 is 0 Å². The van der Waals surface area contributed by atoms with Crippen molar-refractivity contribution in [2.24, 2.45) is 0 Å². The summed E-state index contributed by atoms with van der Waals surface area (Å²) in [6.07, 6.45) is 8.89. The van der Waals surface area contributed by atoms with Crippen LogP contribution in [0.4, 0.5) is 4.79 Å². The molecule has 1 amide bonds. The van der Waals surface area contributed by atoms with Crippen molar-refractivity contribution in [1.82, 2.24) is 24.6 Å². The van der Waals surface area contributed by atoms with Gasteiger partial charge in [-0.2, -0.15) is 5.10 Å². The van der Waals surface area contributed by atoms with E-state index in [1.165, 1.54) is 0 Å². The van der Waals surface area contributed by atoms with Gasteiger partial charge in [-0.15, -0.1) is 0 Å². The Bertz CT molecular complexity index is 1250. The van der Waals surface area contributed by atoms with E-state index in [0.29, 0.717) is 19.0 Å². The van der Waals surface area contributed by atoms with Gasteiger partial charge < -0.3 is 14.1 Å². The van der Waals surface area contributed by atoms with Crippen LogP contribution in [-0.2, 0) is 4.74 Å². The van der Waals surface area contributed by atoms with Gasteiger partial charge in [-0.05, 0) is 51.8 Å². The molecule has 3 aromatic heterocycles. The van der Waals surface area contributed by atoms with Gasteiger partial charge >= 0.3 is 6.09 Å². The first kappa shape index (κ1) is 21.2. The van der Waals surface area contributed by atoms with E-state index in [9.17, 15) is 4.79 Å². The highest BCUT2D eigenvalue weighted by molar-refractivity contribution is 5.77. The summed E-state index contributed by atoms with van der Waals surface area (Å²) < 4.78 is 13.4. The Morgan fingerprint density at radius 2 is 1.82 bits per heavy atom. The monoisotopic (exact) mass is 445 g/mol. The average molecular weight is 446 g/mol. The number of amides is 1. The Morgan fingerprint density at radius 3 is 2.58 bits per heavy atom. The fourth-order valence-electron chi connectivity index (χ4n) is 4.04. The first-order valence-electron chi connectivity index (χ1n) is 11.2. The Labute approximate surface area is 192 Å². The van der Waals surface area contributed by atoms with E-state index in [4.69, 9.17) is 9.15 Å². The molecule has 8 heteroatoms. The third-order valence-electron chi connectivity index (χ3n) is 5.70. The minimum absolute atomic E-state index is 0.241. The summed E-state index contributed by atoms with van der Waals surface area (Å²) in [5, 5.41) is 4.60. The van der Waals surface area contributed by atoms with Crippen LogP contribution in [0.2, 0.25) is 0 Å². The number of piperidine rings is 1. The number of ether oxygens (including phenoxy) is 1. The number of fused-ring (bicyclic) bond motifs is 1. The van der Waals surface area contributed by atoms with Gasteiger partial charge in [0.15, 0.2) is 5.58 Å². The number of carbonyl (C=O) groups is 1. The first-order chi connectivity index (χ1) is 15.9. The molecule has 4 heterocycles. The van der Waals surface area contributed by atoms with Gasteiger partial charge in [0.1, 0.15) is 11.1 Å². The standard InChI is InChI=1S/C25H27N5O3/c1-25(2,3)33-24(31)29-10-8-20(9-11-29)30-16-19(15-27-30)17-12-18(14-26-13-17)23-28-21-6-4-5-7-22(21)32-23/h4-7,12-16,20H,8-11H2,1-3H3. The quantitative estimate of drug-likeness (QED) is 0.424. The lowest BCUT2D eigenvalue weighted by Crippen LogP contribution is -2.42. The largest absolute Gasteiger partial charge is 0.444 e. The predicted octanol–water partition coefficient (Wildman–Crippen LogP) is 5.33. The molecule has 0 aliphatic carbocycles. The van der Waals surface area contributed by atoms with E-state index in [0.717, 1.165) is 40.6 Å². The van der Waals surface area contributed by atoms with Crippen LogP contribution in [0.1, 0.15) is 39.7 Å². The minimum Gasteiger partial charge on any atom is -0.444 e. The highest BCUT2D eigenvalue weighted by Gasteiger charge is 2.28. The summed E-state index contributed by atoms with van der Waals surface area (Å²) in [6, 6.07) is 9.96. The summed E-state index contributed by atoms with van der Waals surface area (Å²) in [4.78, 5) is 23.1. The van der Waals surface area contributed by atoms with Crippen LogP contribution in [-0.4, -0.2) is 49.4 Å². The summed E-state index contributed by atoms with van der Waals surface area (Å²) in [5.41, 5.74) is 3.85. The second kappa shape index (κ2) is 8.35. The number of oxazole rings is 1. The molecule has 0 radical (unpaired) electrons. The number of para-hydroxylation sites is 2. The summed E-state index contributed by atoms with van der Waals surface area (Å²) in [5.74, 6) is 0.549. The van der Waals surface area contributed by atoms with Crippen LogP contribution in [0.15, 0.2) is 59.5 Å². The highest BCUT2D eigenvalue weighted by Crippen LogP contribution is 2.29. The van der Waals surface area contributed by atoms with Crippen molar-refractivity contribution in [3.8, 4) is 22.6 Å². The van der Waals surface area contributed by atoms with E-state index >= 15 is 0 Å². The molecular formula is C25H27N5O3. The summed E-state index contributed by atoms with van der Waals surface area (Å²) in [7, 11) is 0. The Balaban J connectivity index is 1.29. The maximum atomic E-state index is 12.3. The molecule has 0 saturated carbocycles. The van der Waals surface area contributed by atoms with Gasteiger partial charge in [0.05, 0.1) is 17.8 Å². The number of benzene rings is 1. The molecule has 1 saturated heterocycles. The third-order valence-corrected chi connectivity index (χ3v) is 5.70. The smallest absolute Gasteiger partial charge is 0.410 e. The van der Waals surface area contributed by atoms with Gasteiger partial charge in [0, 0.05) is 42.8 Å². The molecule has 0 bridgehead atoms. The van der Waals surface area contributed by atoms with E-state index in [1.54, 1.807) is 11.1 Å². The van der Waals surface area contributed by atoms with Crippen molar-refractivity contribution >= 4 is 17.2 Å². The van der Waals surface area contributed by atoms with Crippen molar-refractivity contribution in [3.05, 3.63) is 55.1 Å². The third kappa shape index (κ3) is 4.60. The molecule has 0 N–H and O–H groups in total. The molecule has 8 nitrogen and oxygen atoms in total. The molecule has 1 aromatic carbocycles. The Morgan fingerprint density at radius 1 is 1.06 bits per heavy atom. The number of carbonyl (C=O) groups excluding carboxylic acids is 1. The SMILES string of the molecule is CC(C)(C)OC(=O)N1CCC(n2cc(-c3cncc(-c4nc5ccccc5o4)c3)cn2)CC1.